The number of aromatic nitrogens is 1. The van der Waals surface area contributed by atoms with Gasteiger partial charge in [0.25, 0.3) is 5.91 Å². The molecule has 6 nitrogen and oxygen atoms in total. The van der Waals surface area contributed by atoms with Crippen LogP contribution in [0.5, 0.6) is 0 Å². The number of likely N-dealkylation sites (N-methyl/N-ethyl adjacent to an activating group) is 1. The lowest BCUT2D eigenvalue weighted by atomic mass is 9.95. The number of hydrogen-bond donors (Lipinski definition) is 0. The van der Waals surface area contributed by atoms with Gasteiger partial charge in [0.15, 0.2) is 0 Å². The molecular weight excluding hydrogens is 402 g/mol. The maximum atomic E-state index is 13.6. The molecule has 0 radical (unpaired) electrons. The molecular formula is C26H31N3O3. The van der Waals surface area contributed by atoms with Crippen molar-refractivity contribution in [2.24, 2.45) is 13.0 Å². The Morgan fingerprint density at radius 3 is 2.31 bits per heavy atom. The number of carbonyl (C=O) groups is 2. The van der Waals surface area contributed by atoms with Crippen LogP contribution in [0.2, 0.25) is 0 Å². The number of aryl methyl sites for hydroxylation is 1. The highest BCUT2D eigenvalue weighted by Crippen LogP contribution is 2.28. The molecule has 2 amide bonds. The van der Waals surface area contributed by atoms with Crippen molar-refractivity contribution in [2.75, 3.05) is 7.05 Å². The number of carbonyl (C=O) groups excluding carboxylic acids is 2. The molecule has 32 heavy (non-hydrogen) atoms. The number of nitrogens with zero attached hydrogens (tertiary/aromatic N) is 3. The molecule has 1 fully saturated rings. The zero-order valence-corrected chi connectivity index (χ0v) is 19.2. The maximum Gasteiger partial charge on any atom is 0.269 e. The predicted octanol–water partition coefficient (Wildman–Crippen LogP) is 3.94. The van der Waals surface area contributed by atoms with Gasteiger partial charge in [-0.3, -0.25) is 14.4 Å². The molecule has 4 rings (SSSR count). The van der Waals surface area contributed by atoms with Crippen molar-refractivity contribution in [3.63, 3.8) is 0 Å². The summed E-state index contributed by atoms with van der Waals surface area (Å²) in [5.74, 6) is 0.0146. The van der Waals surface area contributed by atoms with E-state index < -0.39 is 12.1 Å². The van der Waals surface area contributed by atoms with Gasteiger partial charge < -0.3 is 9.47 Å². The van der Waals surface area contributed by atoms with Gasteiger partial charge in [-0.25, -0.2) is 5.06 Å². The van der Waals surface area contributed by atoms with Crippen molar-refractivity contribution in [1.82, 2.24) is 14.5 Å². The second-order valence-electron chi connectivity index (χ2n) is 9.02. The quantitative estimate of drug-likeness (QED) is 0.567. The van der Waals surface area contributed by atoms with Crippen molar-refractivity contribution >= 4 is 22.7 Å². The summed E-state index contributed by atoms with van der Waals surface area (Å²) in [5.41, 5.74) is 3.11. The fraction of sp³-hybridized carbons (Fsp3) is 0.385. The molecule has 0 saturated carbocycles. The highest BCUT2D eigenvalue weighted by Gasteiger charge is 2.45. The summed E-state index contributed by atoms with van der Waals surface area (Å²) < 4.78 is 2.06. The Balaban J connectivity index is 1.62. The van der Waals surface area contributed by atoms with Crippen LogP contribution in [0.15, 0.2) is 60.8 Å². The van der Waals surface area contributed by atoms with Gasteiger partial charge in [-0.2, -0.15) is 0 Å². The second kappa shape index (κ2) is 9.17. The summed E-state index contributed by atoms with van der Waals surface area (Å²) >= 11 is 0. The number of benzene rings is 2. The van der Waals surface area contributed by atoms with Crippen LogP contribution in [0.1, 0.15) is 31.4 Å². The van der Waals surface area contributed by atoms with Crippen LogP contribution in [-0.2, 0) is 34.5 Å². The highest BCUT2D eigenvalue weighted by molar-refractivity contribution is 5.97. The maximum absolute atomic E-state index is 13.6. The van der Waals surface area contributed by atoms with E-state index >= 15 is 0 Å². The molecule has 1 saturated heterocycles. The van der Waals surface area contributed by atoms with Crippen molar-refractivity contribution in [1.29, 1.82) is 0 Å². The van der Waals surface area contributed by atoms with Crippen LogP contribution in [0.4, 0.5) is 0 Å². The van der Waals surface area contributed by atoms with E-state index in [2.05, 4.69) is 30.5 Å². The molecule has 0 bridgehead atoms. The normalized spacial score (nSPS) is 19.4. The Labute approximate surface area is 189 Å². The van der Waals surface area contributed by atoms with Crippen LogP contribution >= 0.6 is 0 Å². The average Bonchev–Trinajstić information content (AvgIpc) is 3.11. The third-order valence-electron chi connectivity index (χ3n) is 6.19. The first-order valence-electron chi connectivity index (χ1n) is 11.2. The number of hydroxylamine groups is 2. The molecule has 0 unspecified atom stereocenters. The summed E-state index contributed by atoms with van der Waals surface area (Å²) in [4.78, 5) is 34.6. The minimum absolute atomic E-state index is 0.0726. The standard InChI is InChI=1S/C26H31N3O3/c1-18(2)14-24-25(30)28(4)23(15-20-16-27(3)22-13-9-8-12-21(20)22)26(31)29(24)32-17-19-10-6-5-7-11-19/h5-13,16,18,23-24H,14-15,17H2,1-4H3/t23-,24+/m0/s1. The van der Waals surface area contributed by atoms with Gasteiger partial charge in [-0.15, -0.1) is 0 Å². The van der Waals surface area contributed by atoms with Crippen molar-refractivity contribution in [3.8, 4) is 0 Å². The molecule has 0 spiro atoms. The monoisotopic (exact) mass is 433 g/mol. The topological polar surface area (TPSA) is 54.8 Å². The Kier molecular flexibility index (Phi) is 6.33. The average molecular weight is 434 g/mol. The second-order valence-corrected chi connectivity index (χ2v) is 9.02. The van der Waals surface area contributed by atoms with Gasteiger partial charge in [-0.05, 0) is 29.5 Å². The first-order chi connectivity index (χ1) is 15.4. The third kappa shape index (κ3) is 4.28. The van der Waals surface area contributed by atoms with E-state index in [-0.39, 0.29) is 24.3 Å². The number of para-hydroxylation sites is 1. The van der Waals surface area contributed by atoms with E-state index in [0.29, 0.717) is 12.8 Å². The summed E-state index contributed by atoms with van der Waals surface area (Å²) in [6.45, 7) is 4.35. The SMILES string of the molecule is CC(C)C[C@@H]1C(=O)N(C)[C@@H](Cc2cn(C)c3ccccc23)C(=O)N1OCc1ccccc1. The van der Waals surface area contributed by atoms with Gasteiger partial charge >= 0.3 is 0 Å². The van der Waals surface area contributed by atoms with Gasteiger partial charge in [0.1, 0.15) is 18.7 Å². The zero-order chi connectivity index (χ0) is 22.8. The van der Waals surface area contributed by atoms with Gasteiger partial charge in [0.05, 0.1) is 0 Å². The van der Waals surface area contributed by atoms with Crippen LogP contribution < -0.4 is 0 Å². The molecule has 1 aliphatic heterocycles. The summed E-state index contributed by atoms with van der Waals surface area (Å²) in [6.07, 6.45) is 3.05. The number of fused-ring (bicyclic) bond motifs is 1. The van der Waals surface area contributed by atoms with Crippen LogP contribution in [-0.4, -0.2) is 45.5 Å². The Morgan fingerprint density at radius 1 is 0.906 bits per heavy atom. The molecule has 2 heterocycles. The molecule has 2 atom stereocenters. The molecule has 3 aromatic rings. The minimum atomic E-state index is -0.611. The summed E-state index contributed by atoms with van der Waals surface area (Å²) in [5, 5.41) is 2.45. The fourth-order valence-electron chi connectivity index (χ4n) is 4.49. The van der Waals surface area contributed by atoms with Gasteiger partial charge in [0, 0.05) is 37.6 Å². The van der Waals surface area contributed by atoms with E-state index in [4.69, 9.17) is 4.84 Å². The van der Waals surface area contributed by atoms with Crippen LogP contribution in [0, 0.1) is 5.92 Å². The predicted molar refractivity (Wildman–Crippen MR) is 125 cm³/mol. The van der Waals surface area contributed by atoms with Crippen LogP contribution in [0.3, 0.4) is 0 Å². The summed E-state index contributed by atoms with van der Waals surface area (Å²) in [7, 11) is 3.73. The highest BCUT2D eigenvalue weighted by atomic mass is 16.7. The lowest BCUT2D eigenvalue weighted by Gasteiger charge is -2.43. The Hall–Kier alpha value is -3.12. The van der Waals surface area contributed by atoms with Gasteiger partial charge in [-0.1, -0.05) is 62.4 Å². The number of amides is 2. The molecule has 0 aliphatic carbocycles. The first kappa shape index (κ1) is 22.1. The van der Waals surface area contributed by atoms with Gasteiger partial charge in [0.2, 0.25) is 5.91 Å². The van der Waals surface area contributed by atoms with E-state index in [1.54, 1.807) is 11.9 Å². The van der Waals surface area contributed by atoms with E-state index in [1.807, 2.05) is 55.7 Å². The lowest BCUT2D eigenvalue weighted by Crippen LogP contribution is -2.64. The van der Waals surface area contributed by atoms with E-state index in [1.165, 1.54) is 5.06 Å². The Bertz CT molecular complexity index is 1110. The molecule has 2 aromatic carbocycles. The summed E-state index contributed by atoms with van der Waals surface area (Å²) in [6, 6.07) is 16.6. The minimum Gasteiger partial charge on any atom is -0.350 e. The first-order valence-corrected chi connectivity index (χ1v) is 11.2. The molecule has 168 valence electrons. The fourth-order valence-corrected chi connectivity index (χ4v) is 4.49. The molecule has 1 aromatic heterocycles. The molecule has 6 heteroatoms. The number of piperazine rings is 1. The van der Waals surface area contributed by atoms with Crippen molar-refractivity contribution < 1.29 is 14.4 Å². The number of rotatable bonds is 7. The molecule has 1 aliphatic rings. The van der Waals surface area contributed by atoms with E-state index in [0.717, 1.165) is 22.0 Å². The third-order valence-corrected chi connectivity index (χ3v) is 6.19. The smallest absolute Gasteiger partial charge is 0.269 e. The largest absolute Gasteiger partial charge is 0.350 e. The number of hydrogen-bond acceptors (Lipinski definition) is 3. The van der Waals surface area contributed by atoms with Crippen molar-refractivity contribution in [3.05, 3.63) is 71.9 Å². The zero-order valence-electron chi connectivity index (χ0n) is 19.2. The van der Waals surface area contributed by atoms with Crippen molar-refractivity contribution in [2.45, 2.75) is 45.4 Å². The van der Waals surface area contributed by atoms with E-state index in [9.17, 15) is 9.59 Å². The van der Waals surface area contributed by atoms with Crippen LogP contribution in [0.25, 0.3) is 10.9 Å². The Morgan fingerprint density at radius 2 is 1.59 bits per heavy atom. The lowest BCUT2D eigenvalue weighted by molar-refractivity contribution is -0.224. The molecule has 0 N–H and O–H groups in total.